The van der Waals surface area contributed by atoms with Gasteiger partial charge >= 0.3 is 11.9 Å². The summed E-state index contributed by atoms with van der Waals surface area (Å²) in [6.45, 7) is 2.51. The lowest BCUT2D eigenvalue weighted by Gasteiger charge is -2.32. The molecule has 0 spiro atoms. The second-order valence-corrected chi connectivity index (χ2v) is 11.6. The van der Waals surface area contributed by atoms with Crippen LogP contribution in [-0.2, 0) is 30.5 Å². The number of ether oxygens (including phenoxy) is 4. The predicted molar refractivity (Wildman–Crippen MR) is 162 cm³/mol. The Balaban J connectivity index is 1.51. The highest BCUT2D eigenvalue weighted by molar-refractivity contribution is 6.30. The average Bonchev–Trinajstić information content (AvgIpc) is 3.37. The summed E-state index contributed by atoms with van der Waals surface area (Å²) in [4.78, 5) is 38.1. The fourth-order valence-corrected chi connectivity index (χ4v) is 6.38. The number of carbonyl (C=O) groups is 3. The van der Waals surface area contributed by atoms with Crippen LogP contribution in [0.2, 0.25) is 5.02 Å². The first-order valence-corrected chi connectivity index (χ1v) is 15.1. The number of para-hydroxylation sites is 1. The second-order valence-electron chi connectivity index (χ2n) is 11.1. The van der Waals surface area contributed by atoms with Crippen molar-refractivity contribution in [2.75, 3.05) is 27.3 Å². The summed E-state index contributed by atoms with van der Waals surface area (Å²) < 4.78 is 25.7. The summed E-state index contributed by atoms with van der Waals surface area (Å²) in [5, 5.41) is 9.66. The molecule has 2 aromatic carbocycles. The number of fused-ring (bicyclic) bond motifs is 3. The molecule has 1 amide bonds. The summed E-state index contributed by atoms with van der Waals surface area (Å²) in [5.41, 5.74) is 3.88. The lowest BCUT2D eigenvalue weighted by atomic mass is 9.93. The minimum absolute atomic E-state index is 0.000865. The Morgan fingerprint density at radius 3 is 2.48 bits per heavy atom. The molecule has 3 aromatic rings. The number of halogens is 1. The molecule has 0 radical (unpaired) electrons. The van der Waals surface area contributed by atoms with E-state index in [0.717, 1.165) is 28.2 Å². The number of amides is 1. The highest BCUT2D eigenvalue weighted by Crippen LogP contribution is 2.47. The van der Waals surface area contributed by atoms with E-state index in [-0.39, 0.29) is 31.3 Å². The first-order valence-electron chi connectivity index (χ1n) is 14.7. The van der Waals surface area contributed by atoms with E-state index >= 15 is 0 Å². The van der Waals surface area contributed by atoms with Crippen molar-refractivity contribution >= 4 is 29.4 Å². The number of esters is 1. The quantitative estimate of drug-likeness (QED) is 0.279. The van der Waals surface area contributed by atoms with Gasteiger partial charge in [-0.05, 0) is 61.6 Å². The lowest BCUT2D eigenvalue weighted by molar-refractivity contribution is -0.142. The maximum atomic E-state index is 13.4. The molecule has 1 saturated heterocycles. The van der Waals surface area contributed by atoms with Crippen LogP contribution in [0.4, 0.5) is 0 Å². The van der Waals surface area contributed by atoms with Gasteiger partial charge in [-0.25, -0.2) is 0 Å². The Labute approximate surface area is 261 Å². The Kier molecular flexibility index (Phi) is 9.80. The Hall–Kier alpha value is -4.02. The van der Waals surface area contributed by atoms with Gasteiger partial charge in [0.1, 0.15) is 12.7 Å². The molecule has 0 saturated carbocycles. The molecule has 1 N–H and O–H groups in total. The van der Waals surface area contributed by atoms with Gasteiger partial charge in [0, 0.05) is 49.0 Å². The molecular formula is C33H37ClN2O8. The molecule has 0 aliphatic carbocycles. The number of nitrogens with zero attached hydrogens (tertiary/aromatic N) is 2. The second kappa shape index (κ2) is 13.7. The molecule has 44 heavy (non-hydrogen) atoms. The zero-order valence-electron chi connectivity index (χ0n) is 25.1. The summed E-state index contributed by atoms with van der Waals surface area (Å²) in [7, 11) is 3.15. The van der Waals surface area contributed by atoms with E-state index in [1.807, 2.05) is 51.9 Å². The molecule has 11 heteroatoms. The van der Waals surface area contributed by atoms with Crippen LogP contribution in [0.15, 0.2) is 48.5 Å². The third-order valence-corrected chi connectivity index (χ3v) is 8.56. The van der Waals surface area contributed by atoms with Gasteiger partial charge in [0.2, 0.25) is 5.91 Å². The van der Waals surface area contributed by atoms with Crippen LogP contribution in [0, 0.1) is 5.92 Å². The van der Waals surface area contributed by atoms with Crippen LogP contribution in [0.5, 0.6) is 11.5 Å². The lowest BCUT2D eigenvalue weighted by Crippen LogP contribution is -2.39. The first-order chi connectivity index (χ1) is 21.2. The molecule has 0 bridgehead atoms. The van der Waals surface area contributed by atoms with E-state index < -0.39 is 24.1 Å². The number of likely N-dealkylation sites (tertiary alicyclic amines) is 1. The number of carbonyl (C=O) groups excluding carboxylic acids is 2. The molecule has 5 rings (SSSR count). The molecule has 2 aliphatic rings. The van der Waals surface area contributed by atoms with Crippen molar-refractivity contribution in [2.45, 2.75) is 57.8 Å². The number of rotatable bonds is 10. The number of hydrogen-bond acceptors (Lipinski definition) is 7. The number of carboxylic acids is 1. The maximum absolute atomic E-state index is 13.4. The van der Waals surface area contributed by atoms with E-state index in [1.165, 1.54) is 6.92 Å². The number of aliphatic carboxylic acids is 1. The minimum atomic E-state index is -0.805. The van der Waals surface area contributed by atoms with Gasteiger partial charge in [-0.1, -0.05) is 23.7 Å². The molecule has 2 aliphatic heterocycles. The third-order valence-electron chi connectivity index (χ3n) is 8.33. The van der Waals surface area contributed by atoms with E-state index in [1.54, 1.807) is 20.3 Å². The van der Waals surface area contributed by atoms with Gasteiger partial charge in [0.05, 0.1) is 37.4 Å². The van der Waals surface area contributed by atoms with Gasteiger partial charge in [-0.3, -0.25) is 14.4 Å². The van der Waals surface area contributed by atoms with E-state index in [2.05, 4.69) is 0 Å². The summed E-state index contributed by atoms with van der Waals surface area (Å²) in [6, 6.07) is 15.0. The van der Waals surface area contributed by atoms with Crippen LogP contribution in [-0.4, -0.2) is 59.7 Å². The molecule has 10 nitrogen and oxygen atoms in total. The molecule has 1 fully saturated rings. The largest absolute Gasteiger partial charge is 0.493 e. The van der Waals surface area contributed by atoms with Crippen molar-refractivity contribution < 1.29 is 38.4 Å². The van der Waals surface area contributed by atoms with Gasteiger partial charge in [0.15, 0.2) is 11.5 Å². The molecular weight excluding hydrogens is 588 g/mol. The highest BCUT2D eigenvalue weighted by atomic mass is 35.5. The Morgan fingerprint density at radius 2 is 1.80 bits per heavy atom. The van der Waals surface area contributed by atoms with Gasteiger partial charge in [-0.2, -0.15) is 0 Å². The fraction of sp³-hybridized carbons (Fsp3) is 0.424. The Bertz CT molecular complexity index is 1530. The molecule has 234 valence electrons. The van der Waals surface area contributed by atoms with Gasteiger partial charge in [0.25, 0.3) is 0 Å². The SMILES string of the molecule is COc1cccc([C@H]2O[C@H](CCC(=O)N3CCC(CC(=O)O)CC3)c3ccc(COC(C)=O)n3-c3ccc(Cl)cc32)c1OC. The molecule has 1 aromatic heterocycles. The first kappa shape index (κ1) is 31.4. The van der Waals surface area contributed by atoms with Gasteiger partial charge < -0.3 is 33.5 Å². The number of piperidine rings is 1. The number of hydrogen-bond donors (Lipinski definition) is 1. The summed E-state index contributed by atoms with van der Waals surface area (Å²) in [6.07, 6.45) is 0.934. The Morgan fingerprint density at radius 1 is 1.02 bits per heavy atom. The van der Waals surface area contributed by atoms with Crippen LogP contribution in [0.3, 0.4) is 0 Å². The molecule has 0 unspecified atom stereocenters. The normalized spacial score (nSPS) is 18.1. The van der Waals surface area contributed by atoms with E-state index in [9.17, 15) is 14.4 Å². The monoisotopic (exact) mass is 624 g/mol. The van der Waals surface area contributed by atoms with Crippen LogP contribution in [0.25, 0.3) is 5.69 Å². The minimum Gasteiger partial charge on any atom is -0.493 e. The van der Waals surface area contributed by atoms with Crippen molar-refractivity contribution in [3.8, 4) is 17.2 Å². The van der Waals surface area contributed by atoms with Crippen molar-refractivity contribution in [1.29, 1.82) is 0 Å². The average molecular weight is 625 g/mol. The topological polar surface area (TPSA) is 117 Å². The maximum Gasteiger partial charge on any atom is 0.303 e. The number of benzene rings is 2. The standard InChI is InChI=1S/C33H37ClN2O8/c1-20(37)43-19-23-8-10-27-28(11-12-30(38)35-15-13-21(14-16-35)17-31(39)40)44-32(24-5-4-6-29(41-2)33(24)42-3)25-18-22(34)7-9-26(25)36(23)27/h4-10,18,21,28,32H,11-17,19H2,1-3H3,(H,39,40)/t28-,32-/m1/s1. The smallest absolute Gasteiger partial charge is 0.303 e. The van der Waals surface area contributed by atoms with Crippen LogP contribution >= 0.6 is 11.6 Å². The molecule has 2 atom stereocenters. The zero-order chi connectivity index (χ0) is 31.4. The van der Waals surface area contributed by atoms with Crippen molar-refractivity contribution in [3.63, 3.8) is 0 Å². The van der Waals surface area contributed by atoms with Crippen molar-refractivity contribution in [1.82, 2.24) is 9.47 Å². The van der Waals surface area contributed by atoms with E-state index in [4.69, 9.17) is 35.7 Å². The van der Waals surface area contributed by atoms with Crippen molar-refractivity contribution in [3.05, 3.63) is 76.1 Å². The number of methoxy groups -OCH3 is 2. The highest BCUT2D eigenvalue weighted by Gasteiger charge is 2.35. The summed E-state index contributed by atoms with van der Waals surface area (Å²) >= 11 is 6.55. The third kappa shape index (κ3) is 6.71. The molecule has 3 heterocycles. The fourth-order valence-electron chi connectivity index (χ4n) is 6.20. The number of carboxylic acid groups (broad SMARTS) is 1. The van der Waals surface area contributed by atoms with Crippen LogP contribution in [0.1, 0.15) is 73.8 Å². The summed E-state index contributed by atoms with van der Waals surface area (Å²) in [5.74, 6) is -0.0345. The van der Waals surface area contributed by atoms with Crippen molar-refractivity contribution in [2.24, 2.45) is 5.92 Å². The number of aromatic nitrogens is 1. The van der Waals surface area contributed by atoms with Gasteiger partial charge in [-0.15, -0.1) is 0 Å². The zero-order valence-corrected chi connectivity index (χ0v) is 25.8. The van der Waals surface area contributed by atoms with E-state index in [0.29, 0.717) is 48.9 Å². The predicted octanol–water partition coefficient (Wildman–Crippen LogP) is 5.87. The van der Waals surface area contributed by atoms with Crippen LogP contribution < -0.4 is 9.47 Å².